The third-order valence-electron chi connectivity index (χ3n) is 4.35. The zero-order valence-corrected chi connectivity index (χ0v) is 11.5. The molecule has 0 radical (unpaired) electrons. The first-order valence-corrected chi connectivity index (χ1v) is 6.36. The maximum atomic E-state index is 4.30. The Labute approximate surface area is 100 Å². The molecule has 0 aliphatic rings. The van der Waals surface area contributed by atoms with Crippen molar-refractivity contribution in [1.29, 1.82) is 0 Å². The van der Waals surface area contributed by atoms with Gasteiger partial charge >= 0.3 is 0 Å². The number of aromatic nitrogens is 1. The summed E-state index contributed by atoms with van der Waals surface area (Å²) in [5, 5.41) is 0. The summed E-state index contributed by atoms with van der Waals surface area (Å²) in [6.07, 6.45) is 3.16. The fourth-order valence-electron chi connectivity index (χ4n) is 2.49. The maximum absolute atomic E-state index is 4.30. The van der Waals surface area contributed by atoms with Gasteiger partial charge in [-0.15, -0.1) is 0 Å². The van der Waals surface area contributed by atoms with Crippen molar-refractivity contribution < 1.29 is 0 Å². The average molecular weight is 219 g/mol. The van der Waals surface area contributed by atoms with Gasteiger partial charge in [0.05, 0.1) is 0 Å². The van der Waals surface area contributed by atoms with E-state index >= 15 is 0 Å². The first-order valence-electron chi connectivity index (χ1n) is 6.36. The van der Waals surface area contributed by atoms with Gasteiger partial charge in [0.2, 0.25) is 0 Å². The van der Waals surface area contributed by atoms with Crippen molar-refractivity contribution >= 4 is 0 Å². The summed E-state index contributed by atoms with van der Waals surface area (Å²) >= 11 is 0. The van der Waals surface area contributed by atoms with Gasteiger partial charge in [-0.25, -0.2) is 0 Å². The molecule has 90 valence electrons. The van der Waals surface area contributed by atoms with Crippen LogP contribution in [0.3, 0.4) is 0 Å². The third kappa shape index (κ3) is 2.28. The predicted molar refractivity (Wildman–Crippen MR) is 70.6 cm³/mol. The predicted octanol–water partition coefficient (Wildman–Crippen LogP) is 4.35. The minimum Gasteiger partial charge on any atom is -0.262 e. The van der Waals surface area contributed by atoms with Crippen LogP contribution in [0.15, 0.2) is 18.3 Å². The summed E-state index contributed by atoms with van der Waals surface area (Å²) < 4.78 is 0. The van der Waals surface area contributed by atoms with Gasteiger partial charge in [0.1, 0.15) is 0 Å². The van der Waals surface area contributed by atoms with Gasteiger partial charge in [0.25, 0.3) is 0 Å². The lowest BCUT2D eigenvalue weighted by Gasteiger charge is -2.40. The second-order valence-corrected chi connectivity index (χ2v) is 5.43. The summed E-state index contributed by atoms with van der Waals surface area (Å²) in [6, 6.07) is 4.42. The van der Waals surface area contributed by atoms with Crippen LogP contribution in [0.2, 0.25) is 0 Å². The van der Waals surface area contributed by atoms with Crippen LogP contribution in [0.4, 0.5) is 0 Å². The Morgan fingerprint density at radius 2 is 1.94 bits per heavy atom. The van der Waals surface area contributed by atoms with Crippen molar-refractivity contribution in [2.45, 2.75) is 53.4 Å². The van der Waals surface area contributed by atoms with E-state index in [1.54, 1.807) is 0 Å². The Hall–Kier alpha value is -0.850. The Balaban J connectivity index is 3.21. The van der Waals surface area contributed by atoms with Crippen LogP contribution in [0.1, 0.15) is 52.3 Å². The van der Waals surface area contributed by atoms with Crippen LogP contribution in [-0.4, -0.2) is 4.98 Å². The van der Waals surface area contributed by atoms with Crippen molar-refractivity contribution in [1.82, 2.24) is 4.98 Å². The quantitative estimate of drug-likeness (QED) is 0.733. The molecule has 1 rings (SSSR count). The van der Waals surface area contributed by atoms with E-state index in [0.29, 0.717) is 11.8 Å². The summed E-state index contributed by atoms with van der Waals surface area (Å²) in [5.41, 5.74) is 2.81. The molecule has 0 saturated carbocycles. The number of rotatable bonds is 4. The van der Waals surface area contributed by atoms with Crippen molar-refractivity contribution in [2.75, 3.05) is 0 Å². The number of nitrogens with zero attached hydrogens (tertiary/aromatic N) is 1. The molecular weight excluding hydrogens is 194 g/mol. The fraction of sp³-hybridized carbons (Fsp3) is 0.667. The van der Waals surface area contributed by atoms with Gasteiger partial charge in [-0.2, -0.15) is 0 Å². The Morgan fingerprint density at radius 3 is 2.38 bits per heavy atom. The number of hydrogen-bond acceptors (Lipinski definition) is 1. The van der Waals surface area contributed by atoms with E-state index in [4.69, 9.17) is 0 Å². The van der Waals surface area contributed by atoms with Gasteiger partial charge in [-0.1, -0.05) is 41.0 Å². The topological polar surface area (TPSA) is 12.9 Å². The van der Waals surface area contributed by atoms with Crippen LogP contribution >= 0.6 is 0 Å². The molecule has 0 aliphatic carbocycles. The molecular formula is C15H25N. The second kappa shape index (κ2) is 4.99. The lowest BCUT2D eigenvalue weighted by atomic mass is 9.65. The van der Waals surface area contributed by atoms with E-state index in [9.17, 15) is 0 Å². The van der Waals surface area contributed by atoms with Crippen molar-refractivity contribution in [2.24, 2.45) is 11.8 Å². The summed E-state index contributed by atoms with van der Waals surface area (Å²) in [4.78, 5) is 4.30. The molecule has 0 saturated heterocycles. The minimum absolute atomic E-state index is 0.252. The molecule has 0 aromatic carbocycles. The van der Waals surface area contributed by atoms with Crippen LogP contribution < -0.4 is 0 Å². The molecule has 0 amide bonds. The van der Waals surface area contributed by atoms with E-state index < -0.39 is 0 Å². The molecule has 2 unspecified atom stereocenters. The molecule has 1 heterocycles. The Morgan fingerprint density at radius 1 is 1.31 bits per heavy atom. The zero-order chi connectivity index (χ0) is 12.3. The van der Waals surface area contributed by atoms with Crippen LogP contribution in [0.5, 0.6) is 0 Å². The molecule has 0 bridgehead atoms. The largest absolute Gasteiger partial charge is 0.262 e. The first kappa shape index (κ1) is 13.2. The van der Waals surface area contributed by atoms with E-state index in [0.717, 1.165) is 5.69 Å². The van der Waals surface area contributed by atoms with E-state index in [-0.39, 0.29) is 5.41 Å². The van der Waals surface area contributed by atoms with E-state index in [1.807, 2.05) is 6.20 Å². The molecule has 2 atom stereocenters. The van der Waals surface area contributed by atoms with E-state index in [2.05, 4.69) is 58.7 Å². The molecule has 0 N–H and O–H groups in total. The van der Waals surface area contributed by atoms with Crippen LogP contribution in [-0.2, 0) is 5.41 Å². The maximum Gasteiger partial charge on any atom is 0.0375 e. The third-order valence-corrected chi connectivity index (χ3v) is 4.35. The van der Waals surface area contributed by atoms with Crippen molar-refractivity contribution in [3.8, 4) is 0 Å². The van der Waals surface area contributed by atoms with E-state index in [1.165, 1.54) is 12.0 Å². The lowest BCUT2D eigenvalue weighted by molar-refractivity contribution is 0.223. The summed E-state index contributed by atoms with van der Waals surface area (Å²) in [7, 11) is 0. The monoisotopic (exact) mass is 219 g/mol. The highest BCUT2D eigenvalue weighted by Crippen LogP contribution is 2.40. The second-order valence-electron chi connectivity index (χ2n) is 5.43. The highest BCUT2D eigenvalue weighted by Gasteiger charge is 2.35. The lowest BCUT2D eigenvalue weighted by Crippen LogP contribution is -2.35. The molecule has 0 aliphatic heterocycles. The summed E-state index contributed by atoms with van der Waals surface area (Å²) in [5.74, 6) is 1.33. The van der Waals surface area contributed by atoms with Gasteiger partial charge in [-0.05, 0) is 41.9 Å². The standard InChI is InChI=1S/C15H25N/c1-7-12(4)15(6,11(2)3)14-8-9-16-13(5)10-14/h8-12H,7H2,1-6H3. The number of aryl methyl sites for hydroxylation is 1. The molecule has 1 aromatic heterocycles. The normalized spacial score (nSPS) is 17.2. The highest BCUT2D eigenvalue weighted by molar-refractivity contribution is 5.26. The molecule has 1 heteroatoms. The van der Waals surface area contributed by atoms with Gasteiger partial charge < -0.3 is 0 Å². The van der Waals surface area contributed by atoms with Crippen molar-refractivity contribution in [3.63, 3.8) is 0 Å². The van der Waals surface area contributed by atoms with Gasteiger partial charge in [0, 0.05) is 11.9 Å². The summed E-state index contributed by atoms with van der Waals surface area (Å²) in [6.45, 7) is 13.7. The molecule has 1 aromatic rings. The smallest absolute Gasteiger partial charge is 0.0375 e. The fourth-order valence-corrected chi connectivity index (χ4v) is 2.49. The number of pyridine rings is 1. The number of hydrogen-bond donors (Lipinski definition) is 0. The highest BCUT2D eigenvalue weighted by atomic mass is 14.7. The van der Waals surface area contributed by atoms with Crippen LogP contribution in [0, 0.1) is 18.8 Å². The van der Waals surface area contributed by atoms with Gasteiger partial charge in [-0.3, -0.25) is 4.98 Å². The zero-order valence-electron chi connectivity index (χ0n) is 11.5. The van der Waals surface area contributed by atoms with Crippen molar-refractivity contribution in [3.05, 3.63) is 29.6 Å². The molecule has 16 heavy (non-hydrogen) atoms. The molecule has 0 spiro atoms. The Kier molecular flexibility index (Phi) is 4.12. The van der Waals surface area contributed by atoms with Gasteiger partial charge in [0.15, 0.2) is 0 Å². The SMILES string of the molecule is CCC(C)C(C)(c1ccnc(C)c1)C(C)C. The average Bonchev–Trinajstić information content (AvgIpc) is 2.26. The minimum atomic E-state index is 0.252. The Bertz CT molecular complexity index is 343. The van der Waals surface area contributed by atoms with Crippen LogP contribution in [0.25, 0.3) is 0 Å². The molecule has 1 nitrogen and oxygen atoms in total. The first-order chi connectivity index (χ1) is 7.42. The molecule has 0 fully saturated rings.